The maximum absolute atomic E-state index is 13.3. The van der Waals surface area contributed by atoms with Gasteiger partial charge < -0.3 is 20.3 Å². The van der Waals surface area contributed by atoms with E-state index in [1.807, 2.05) is 6.92 Å². The van der Waals surface area contributed by atoms with Crippen LogP contribution in [0.15, 0.2) is 30.3 Å². The fourth-order valence-electron chi connectivity index (χ4n) is 3.81. The molecule has 0 saturated heterocycles. The van der Waals surface area contributed by atoms with Crippen LogP contribution in [0.4, 0.5) is 15.0 Å². The van der Waals surface area contributed by atoms with E-state index in [-0.39, 0.29) is 12.4 Å². The van der Waals surface area contributed by atoms with Crippen molar-refractivity contribution in [1.82, 2.24) is 20.5 Å². The van der Waals surface area contributed by atoms with Crippen LogP contribution in [0.3, 0.4) is 0 Å². The van der Waals surface area contributed by atoms with Crippen molar-refractivity contribution in [2.24, 2.45) is 0 Å². The third kappa shape index (κ3) is 4.17. The van der Waals surface area contributed by atoms with E-state index in [1.165, 1.54) is 12.1 Å². The molecule has 0 bridgehead atoms. The second kappa shape index (κ2) is 8.48. The molecule has 1 aliphatic carbocycles. The summed E-state index contributed by atoms with van der Waals surface area (Å²) < 4.78 is 18.8. The summed E-state index contributed by atoms with van der Waals surface area (Å²) in [6, 6.07) is 5.96. The average molecular weight is 429 g/mol. The van der Waals surface area contributed by atoms with Gasteiger partial charge in [0.05, 0.1) is 41.5 Å². The van der Waals surface area contributed by atoms with Gasteiger partial charge in [0.15, 0.2) is 0 Å². The Balaban J connectivity index is 1.56. The first kappa shape index (κ1) is 21.0. The van der Waals surface area contributed by atoms with Crippen LogP contribution in [-0.4, -0.2) is 43.6 Å². The molecule has 9 nitrogen and oxygen atoms in total. The van der Waals surface area contributed by atoms with Gasteiger partial charge in [-0.2, -0.15) is 0 Å². The first-order valence-corrected chi connectivity index (χ1v) is 10.1. The molecule has 5 N–H and O–H groups in total. The quantitative estimate of drug-likeness (QED) is 0.392. The highest BCUT2D eigenvalue weighted by Gasteiger charge is 2.44. The van der Waals surface area contributed by atoms with Crippen LogP contribution in [0.5, 0.6) is 5.88 Å². The predicted octanol–water partition coefficient (Wildman–Crippen LogP) is 2.77. The van der Waals surface area contributed by atoms with Gasteiger partial charge in [0.1, 0.15) is 11.6 Å². The van der Waals surface area contributed by atoms with Gasteiger partial charge in [0.2, 0.25) is 5.88 Å². The van der Waals surface area contributed by atoms with E-state index in [0.717, 1.165) is 6.42 Å². The van der Waals surface area contributed by atoms with Gasteiger partial charge in [0, 0.05) is 6.07 Å². The SMILES string of the molecule is CCOc1n[nH]c2cc(NC(=O)NC(c3ccc(F)cc3)C3(O)CCC3)nc(CO)c12. The Bertz CT molecular complexity index is 1080. The molecule has 2 aromatic heterocycles. The van der Waals surface area contributed by atoms with Crippen molar-refractivity contribution in [3.63, 3.8) is 0 Å². The van der Waals surface area contributed by atoms with Crippen molar-refractivity contribution >= 4 is 22.8 Å². The Hall–Kier alpha value is -3.24. The molecule has 0 radical (unpaired) electrons. The molecule has 3 aromatic rings. The Kier molecular flexibility index (Phi) is 5.75. The number of urea groups is 1. The molecule has 1 aliphatic rings. The zero-order chi connectivity index (χ0) is 22.0. The zero-order valence-electron chi connectivity index (χ0n) is 17.0. The number of H-pyrrole nitrogens is 1. The first-order valence-electron chi connectivity index (χ1n) is 10.1. The van der Waals surface area contributed by atoms with Gasteiger partial charge in [0.25, 0.3) is 0 Å². The van der Waals surface area contributed by atoms with Crippen LogP contribution in [0.25, 0.3) is 10.9 Å². The molecule has 164 valence electrons. The summed E-state index contributed by atoms with van der Waals surface area (Å²) in [5.74, 6) is 0.125. The van der Waals surface area contributed by atoms with Gasteiger partial charge >= 0.3 is 6.03 Å². The number of aromatic amines is 1. The van der Waals surface area contributed by atoms with Crippen LogP contribution in [-0.2, 0) is 6.61 Å². The number of aromatic nitrogens is 3. The summed E-state index contributed by atoms with van der Waals surface area (Å²) in [5, 5.41) is 33.4. The maximum atomic E-state index is 13.3. The average Bonchev–Trinajstić information content (AvgIpc) is 3.13. The van der Waals surface area contributed by atoms with Crippen molar-refractivity contribution in [1.29, 1.82) is 0 Å². The molecule has 10 heteroatoms. The molecule has 1 fully saturated rings. The number of rotatable bonds is 7. The van der Waals surface area contributed by atoms with E-state index < -0.39 is 23.5 Å². The summed E-state index contributed by atoms with van der Waals surface area (Å²) in [4.78, 5) is 17.0. The van der Waals surface area contributed by atoms with Crippen molar-refractivity contribution in [2.75, 3.05) is 11.9 Å². The third-order valence-corrected chi connectivity index (χ3v) is 5.49. The molecule has 1 aromatic carbocycles. The summed E-state index contributed by atoms with van der Waals surface area (Å²) in [7, 11) is 0. The normalized spacial score (nSPS) is 15.9. The van der Waals surface area contributed by atoms with E-state index in [4.69, 9.17) is 4.74 Å². The van der Waals surface area contributed by atoms with E-state index >= 15 is 0 Å². The second-order valence-corrected chi connectivity index (χ2v) is 7.54. The molecular formula is C21H24FN5O4. The number of amides is 2. The van der Waals surface area contributed by atoms with Crippen LogP contribution >= 0.6 is 0 Å². The summed E-state index contributed by atoms with van der Waals surface area (Å²) in [6.45, 7) is 1.85. The van der Waals surface area contributed by atoms with E-state index in [0.29, 0.717) is 47.5 Å². The number of nitrogens with zero attached hydrogens (tertiary/aromatic N) is 2. The molecule has 31 heavy (non-hydrogen) atoms. The lowest BCUT2D eigenvalue weighted by Crippen LogP contribution is -2.51. The largest absolute Gasteiger partial charge is 0.476 e. The fourth-order valence-corrected chi connectivity index (χ4v) is 3.81. The number of fused-ring (bicyclic) bond motifs is 1. The number of hydrogen-bond donors (Lipinski definition) is 5. The van der Waals surface area contributed by atoms with Gasteiger partial charge in [-0.15, -0.1) is 5.10 Å². The lowest BCUT2D eigenvalue weighted by Gasteiger charge is -2.43. The first-order chi connectivity index (χ1) is 14.9. The van der Waals surface area contributed by atoms with Crippen molar-refractivity contribution in [3.05, 3.63) is 47.4 Å². The Labute approximate surface area is 177 Å². The van der Waals surface area contributed by atoms with Gasteiger partial charge in [-0.3, -0.25) is 10.4 Å². The number of aliphatic hydroxyl groups is 2. The maximum Gasteiger partial charge on any atom is 0.320 e. The second-order valence-electron chi connectivity index (χ2n) is 7.54. The predicted molar refractivity (Wildman–Crippen MR) is 111 cm³/mol. The molecule has 1 saturated carbocycles. The lowest BCUT2D eigenvalue weighted by molar-refractivity contribution is -0.0627. The number of aliphatic hydroxyl groups excluding tert-OH is 1. The highest BCUT2D eigenvalue weighted by Crippen LogP contribution is 2.42. The van der Waals surface area contributed by atoms with Gasteiger partial charge in [-0.05, 0) is 43.9 Å². The molecule has 1 unspecified atom stereocenters. The summed E-state index contributed by atoms with van der Waals surface area (Å²) in [6.07, 6.45) is 1.91. The van der Waals surface area contributed by atoms with E-state index in [9.17, 15) is 19.4 Å². The summed E-state index contributed by atoms with van der Waals surface area (Å²) in [5.41, 5.74) is 0.356. The molecule has 0 aliphatic heterocycles. The van der Waals surface area contributed by atoms with Crippen LogP contribution in [0, 0.1) is 5.82 Å². The molecule has 2 amide bonds. The Morgan fingerprint density at radius 1 is 1.35 bits per heavy atom. The van der Waals surface area contributed by atoms with Gasteiger partial charge in [-0.25, -0.2) is 14.2 Å². The van der Waals surface area contributed by atoms with Crippen LogP contribution in [0.1, 0.15) is 43.5 Å². The highest BCUT2D eigenvalue weighted by molar-refractivity contribution is 5.93. The highest BCUT2D eigenvalue weighted by atomic mass is 19.1. The number of pyridine rings is 1. The number of anilines is 1. The fraction of sp³-hybridized carbons (Fsp3) is 0.381. The molecule has 0 spiro atoms. The molecule has 1 atom stereocenters. The Morgan fingerprint density at radius 3 is 2.71 bits per heavy atom. The topological polar surface area (TPSA) is 132 Å². The Morgan fingerprint density at radius 2 is 2.10 bits per heavy atom. The molecule has 2 heterocycles. The van der Waals surface area contributed by atoms with Crippen molar-refractivity contribution in [3.8, 4) is 5.88 Å². The number of carbonyl (C=O) groups excluding carboxylic acids is 1. The number of hydrogen-bond acceptors (Lipinski definition) is 6. The van der Waals surface area contributed by atoms with Crippen LogP contribution in [0.2, 0.25) is 0 Å². The van der Waals surface area contributed by atoms with Gasteiger partial charge in [-0.1, -0.05) is 12.1 Å². The smallest absolute Gasteiger partial charge is 0.320 e. The lowest BCUT2D eigenvalue weighted by atomic mass is 9.72. The minimum absolute atomic E-state index is 0.194. The standard InChI is InChI=1S/C21H24FN5O4/c1-2-31-19-17-14(26-27-19)10-16(23-15(17)11-28)24-20(29)25-18(21(30)8-3-9-21)12-4-6-13(22)7-5-12/h4-7,10,18,28,30H,2-3,8-9,11H2,1H3,(H,26,27)(H2,23,24,25,29). The number of carbonyl (C=O) groups is 1. The van der Waals surface area contributed by atoms with Crippen molar-refractivity contribution in [2.45, 2.75) is 44.4 Å². The number of ether oxygens (including phenoxy) is 1. The summed E-state index contributed by atoms with van der Waals surface area (Å²) >= 11 is 0. The van der Waals surface area contributed by atoms with Crippen molar-refractivity contribution < 1.29 is 24.1 Å². The number of nitrogens with one attached hydrogen (secondary N) is 3. The van der Waals surface area contributed by atoms with Crippen LogP contribution < -0.4 is 15.4 Å². The van der Waals surface area contributed by atoms with E-state index in [1.54, 1.807) is 18.2 Å². The monoisotopic (exact) mass is 429 g/mol. The molecular weight excluding hydrogens is 405 g/mol. The third-order valence-electron chi connectivity index (χ3n) is 5.49. The molecule has 4 rings (SSSR count). The van der Waals surface area contributed by atoms with E-state index in [2.05, 4.69) is 25.8 Å². The number of benzene rings is 1. The zero-order valence-corrected chi connectivity index (χ0v) is 17.0. The number of halogens is 1. The minimum atomic E-state index is -1.10. The minimum Gasteiger partial charge on any atom is -0.476 e.